The molecule has 0 saturated carbocycles. The third-order valence-corrected chi connectivity index (χ3v) is 8.78. The maximum Gasteiger partial charge on any atom is 0.340 e. The van der Waals surface area contributed by atoms with E-state index >= 15 is 0 Å². The molecule has 0 amide bonds. The van der Waals surface area contributed by atoms with Gasteiger partial charge in [-0.1, -0.05) is 80.1 Å². The van der Waals surface area contributed by atoms with E-state index in [4.69, 9.17) is 19.2 Å². The summed E-state index contributed by atoms with van der Waals surface area (Å²) >= 11 is 0. The number of benzene rings is 5. The summed E-state index contributed by atoms with van der Waals surface area (Å²) in [6.45, 7) is 3.67. The van der Waals surface area contributed by atoms with E-state index in [1.165, 1.54) is 16.3 Å². The van der Waals surface area contributed by atoms with Crippen LogP contribution in [0, 0.1) is 0 Å². The molecule has 7 rings (SSSR count). The van der Waals surface area contributed by atoms with E-state index < -0.39 is 0 Å². The normalized spacial score (nSPS) is 14.5. The molecular weight excluding hydrogens is 610 g/mol. The lowest BCUT2D eigenvalue weighted by Crippen LogP contribution is -2.27. The van der Waals surface area contributed by atoms with Crippen LogP contribution in [0.2, 0.25) is 0 Å². The van der Waals surface area contributed by atoms with E-state index in [0.29, 0.717) is 37.0 Å². The van der Waals surface area contributed by atoms with Crippen LogP contribution in [-0.2, 0) is 15.9 Å². The molecule has 1 saturated heterocycles. The van der Waals surface area contributed by atoms with Crippen molar-refractivity contribution in [3.63, 3.8) is 0 Å². The summed E-state index contributed by atoms with van der Waals surface area (Å²) in [6, 6.07) is 41.3. The summed E-state index contributed by atoms with van der Waals surface area (Å²) < 4.78 is 19.7. The molecule has 2 heterocycles. The Labute approximate surface area is 286 Å². The Balaban J connectivity index is 1.22. The van der Waals surface area contributed by atoms with Crippen LogP contribution in [-0.4, -0.2) is 48.3 Å². The lowest BCUT2D eigenvalue weighted by atomic mass is 10.1. The Hall–Kier alpha value is -5.82. The minimum Gasteiger partial charge on any atom is -0.497 e. The van der Waals surface area contributed by atoms with Crippen molar-refractivity contribution in [3.8, 4) is 11.4 Å². The Morgan fingerprint density at radius 2 is 1.61 bits per heavy atom. The first-order chi connectivity index (χ1) is 24.1. The van der Waals surface area contributed by atoms with Gasteiger partial charge in [0.25, 0.3) is 6.02 Å². The van der Waals surface area contributed by atoms with Crippen molar-refractivity contribution in [2.75, 3.05) is 26.8 Å². The second-order valence-corrected chi connectivity index (χ2v) is 12.1. The summed E-state index contributed by atoms with van der Waals surface area (Å²) in [5.74, 6) is 1.23. The number of methoxy groups -OCH3 is 1. The van der Waals surface area contributed by atoms with Gasteiger partial charge < -0.3 is 23.7 Å². The van der Waals surface area contributed by atoms with Crippen LogP contribution in [0.25, 0.3) is 33.6 Å². The van der Waals surface area contributed by atoms with Crippen LogP contribution in [0.3, 0.4) is 0 Å². The molecule has 49 heavy (non-hydrogen) atoms. The molecule has 246 valence electrons. The van der Waals surface area contributed by atoms with Crippen molar-refractivity contribution < 1.29 is 19.0 Å². The van der Waals surface area contributed by atoms with E-state index in [1.807, 2.05) is 36.4 Å². The van der Waals surface area contributed by atoms with Gasteiger partial charge >= 0.3 is 5.97 Å². The van der Waals surface area contributed by atoms with Crippen molar-refractivity contribution in [1.29, 1.82) is 0 Å². The highest BCUT2D eigenvalue weighted by atomic mass is 16.5. The number of hydrogen-bond acceptors (Lipinski definition) is 5. The predicted octanol–water partition coefficient (Wildman–Crippen LogP) is 9.35. The molecule has 0 radical (unpaired) electrons. The van der Waals surface area contributed by atoms with Gasteiger partial charge in [0.2, 0.25) is 0 Å². The zero-order chi connectivity index (χ0) is 33.6. The third-order valence-electron chi connectivity index (χ3n) is 8.78. The van der Waals surface area contributed by atoms with Gasteiger partial charge in [-0.15, -0.1) is 0 Å². The smallest absolute Gasteiger partial charge is 0.340 e. The van der Waals surface area contributed by atoms with Gasteiger partial charge in [0.15, 0.2) is 0 Å². The first-order valence-electron chi connectivity index (χ1n) is 16.8. The first kappa shape index (κ1) is 31.8. The molecule has 0 spiro atoms. The van der Waals surface area contributed by atoms with Crippen molar-refractivity contribution >= 4 is 45.6 Å². The van der Waals surface area contributed by atoms with E-state index in [9.17, 15) is 4.79 Å². The van der Waals surface area contributed by atoms with Crippen LogP contribution in [0.15, 0.2) is 132 Å². The van der Waals surface area contributed by atoms with Crippen LogP contribution in [0.5, 0.6) is 5.75 Å². The third kappa shape index (κ3) is 6.92. The van der Waals surface area contributed by atoms with Crippen molar-refractivity contribution in [2.24, 2.45) is 4.99 Å². The van der Waals surface area contributed by atoms with Crippen molar-refractivity contribution in [1.82, 2.24) is 9.47 Å². The van der Waals surface area contributed by atoms with Gasteiger partial charge in [-0.3, -0.25) is 0 Å². The van der Waals surface area contributed by atoms with E-state index in [-0.39, 0.29) is 5.97 Å². The Morgan fingerprint density at radius 3 is 2.43 bits per heavy atom. The van der Waals surface area contributed by atoms with Gasteiger partial charge in [-0.25, -0.2) is 4.79 Å². The maximum absolute atomic E-state index is 13.0. The van der Waals surface area contributed by atoms with Crippen LogP contribution >= 0.6 is 0 Å². The SMILES string of the molecule is CCCCOC(=O)c1ccccc1/N=C1\O/C(=C/c2ccc3c(c2)c2ccccc2n3-c2ccccc2)CN1CCc1ccc(OC)cc1. The predicted molar refractivity (Wildman–Crippen MR) is 197 cm³/mol. The molecule has 1 aliphatic rings. The molecule has 0 aliphatic carbocycles. The average molecular weight is 650 g/mol. The number of fused-ring (bicyclic) bond motifs is 3. The van der Waals surface area contributed by atoms with Crippen LogP contribution in [0.4, 0.5) is 5.69 Å². The highest BCUT2D eigenvalue weighted by Gasteiger charge is 2.26. The average Bonchev–Trinajstić information content (AvgIpc) is 3.68. The monoisotopic (exact) mass is 649 g/mol. The molecule has 0 unspecified atom stereocenters. The van der Waals surface area contributed by atoms with Crippen molar-refractivity contribution in [2.45, 2.75) is 26.2 Å². The minimum absolute atomic E-state index is 0.380. The molecular formula is C42H39N3O4. The highest BCUT2D eigenvalue weighted by Crippen LogP contribution is 2.33. The number of carbonyl (C=O) groups is 1. The number of carbonyl (C=O) groups excluding carboxylic acids is 1. The lowest BCUT2D eigenvalue weighted by molar-refractivity contribution is 0.0500. The summed E-state index contributed by atoms with van der Waals surface area (Å²) in [5.41, 5.74) is 6.59. The number of rotatable bonds is 11. The van der Waals surface area contributed by atoms with Gasteiger partial charge in [0.1, 0.15) is 11.5 Å². The summed E-state index contributed by atoms with van der Waals surface area (Å²) in [5, 5.41) is 2.37. The standard InChI is InChI=1S/C42H39N3O4/c1-3-4-26-48-41(46)36-15-8-10-16-38(36)43-42-44(25-24-30-18-21-33(47-2)22-19-30)29-34(49-42)27-31-20-23-40-37(28-31)35-14-9-11-17-39(35)45(40)32-12-6-5-7-13-32/h5-23,27-28H,3-4,24-26,29H2,1-2H3/b34-27+,43-42-. The Kier molecular flexibility index (Phi) is 9.41. The number of unbranched alkanes of at least 4 members (excludes halogenated alkanes) is 1. The number of aliphatic imine (C=N–C) groups is 1. The Bertz CT molecular complexity index is 2150. The molecule has 7 heteroatoms. The number of nitrogens with zero attached hydrogens (tertiary/aromatic N) is 3. The zero-order valence-corrected chi connectivity index (χ0v) is 27.8. The summed E-state index contributed by atoms with van der Waals surface area (Å²) in [7, 11) is 1.67. The summed E-state index contributed by atoms with van der Waals surface area (Å²) in [4.78, 5) is 20.0. The topological polar surface area (TPSA) is 65.3 Å². The van der Waals surface area contributed by atoms with E-state index in [2.05, 4.69) is 101 Å². The zero-order valence-electron chi connectivity index (χ0n) is 27.8. The number of amidine groups is 1. The molecule has 1 fully saturated rings. The number of ether oxygens (including phenoxy) is 3. The molecule has 5 aromatic carbocycles. The molecule has 7 nitrogen and oxygen atoms in total. The number of hydrogen-bond donors (Lipinski definition) is 0. The number of aromatic nitrogens is 1. The van der Waals surface area contributed by atoms with Crippen molar-refractivity contribution in [3.05, 3.63) is 144 Å². The first-order valence-corrected chi connectivity index (χ1v) is 16.8. The van der Waals surface area contributed by atoms with E-state index in [1.54, 1.807) is 13.2 Å². The fraction of sp³-hybridized carbons (Fsp3) is 0.190. The molecule has 1 aliphatic heterocycles. The minimum atomic E-state index is -0.380. The second kappa shape index (κ2) is 14.5. The fourth-order valence-corrected chi connectivity index (χ4v) is 6.22. The van der Waals surface area contributed by atoms with Gasteiger partial charge in [0.05, 0.1) is 42.5 Å². The number of esters is 1. The molecule has 1 aromatic heterocycles. The summed E-state index contributed by atoms with van der Waals surface area (Å²) in [6.07, 6.45) is 4.63. The molecule has 0 N–H and O–H groups in total. The largest absolute Gasteiger partial charge is 0.497 e. The highest BCUT2D eigenvalue weighted by molar-refractivity contribution is 6.09. The van der Waals surface area contributed by atoms with Gasteiger partial charge in [-0.2, -0.15) is 4.99 Å². The Morgan fingerprint density at radius 1 is 0.857 bits per heavy atom. The van der Waals surface area contributed by atoms with Gasteiger partial charge in [-0.05, 0) is 84.6 Å². The molecule has 0 atom stereocenters. The lowest BCUT2D eigenvalue weighted by Gasteiger charge is -2.16. The van der Waals surface area contributed by atoms with Crippen LogP contribution < -0.4 is 4.74 Å². The number of para-hydroxylation sites is 3. The molecule has 0 bridgehead atoms. The van der Waals surface area contributed by atoms with E-state index in [0.717, 1.165) is 53.1 Å². The second-order valence-electron chi connectivity index (χ2n) is 12.1. The van der Waals surface area contributed by atoms with Crippen LogP contribution in [0.1, 0.15) is 41.3 Å². The maximum atomic E-state index is 13.0. The molecule has 6 aromatic rings. The van der Waals surface area contributed by atoms with Gasteiger partial charge in [0, 0.05) is 23.0 Å². The fourth-order valence-electron chi connectivity index (χ4n) is 6.22. The quantitative estimate of drug-likeness (QED) is 0.103.